The number of benzene rings is 5. The fourth-order valence-corrected chi connectivity index (χ4v) is 11.6. The third-order valence-corrected chi connectivity index (χ3v) is 15.2. The molecule has 74 heavy (non-hydrogen) atoms. The van der Waals surface area contributed by atoms with Gasteiger partial charge >= 0.3 is 0 Å². The van der Waals surface area contributed by atoms with E-state index < -0.39 is 22.7 Å². The third-order valence-electron chi connectivity index (χ3n) is 14.2. The first-order chi connectivity index (χ1) is 36.2. The first kappa shape index (κ1) is 51.7. The average molecular weight is 1020 g/mol. The molecule has 6 atom stereocenters. The van der Waals surface area contributed by atoms with E-state index in [1.54, 1.807) is 59.1 Å². The Hall–Kier alpha value is -7.16. The topological polar surface area (TPSA) is 195 Å². The number of hydrogen-bond donors (Lipinski definition) is 2. The van der Waals surface area contributed by atoms with E-state index in [4.69, 9.17) is 33.7 Å². The zero-order valence-electron chi connectivity index (χ0n) is 41.1. The highest BCUT2D eigenvalue weighted by Crippen LogP contribution is 2.62. The number of nitro benzene ring substituents is 1. The number of amides is 1. The number of nitro groups is 1. The number of nitrogens with zero attached hydrogens (tertiary/aromatic N) is 4. The molecule has 0 unspecified atom stereocenters. The van der Waals surface area contributed by atoms with Crippen molar-refractivity contribution >= 4 is 29.1 Å². The van der Waals surface area contributed by atoms with E-state index in [0.29, 0.717) is 64.8 Å². The monoisotopic (exact) mass is 1020 g/mol. The standard InChI is InChI=1S/C58H60N4O11S/c1-2-28-71-58-54(61(57(65)42-19-14-39(35-59)15-20-42)36-41-18-24-52-53(31-41)70-38-69-52)34-50(60-72-37-40-16-21-44(22-17-40)62(66)67)48-32-43(10-6-8-26-63)47(13-7-9-27-64)55(56(48)58)49-33-45(23-25-51(49)73-58)68-29-30-74-46-11-4-3-5-12-46/h2-5,11-12,14-25,31-33,43,47,54-56,63-64H,1,6-10,13,26-30,34,36-38H2/t43-,47+,54-,55+,56+,58+/m0/s1. The fourth-order valence-electron chi connectivity index (χ4n) is 10.9. The molecule has 0 aromatic heterocycles. The van der Waals surface area contributed by atoms with E-state index in [1.165, 1.54) is 12.1 Å². The zero-order valence-corrected chi connectivity index (χ0v) is 41.9. The Morgan fingerprint density at radius 2 is 1.66 bits per heavy atom. The van der Waals surface area contributed by atoms with Gasteiger partial charge in [0, 0.05) is 66.0 Å². The Morgan fingerprint density at radius 3 is 2.41 bits per heavy atom. The normalized spacial score (nSPS) is 21.6. The van der Waals surface area contributed by atoms with Crippen LogP contribution < -0.4 is 18.9 Å². The molecule has 5 aromatic carbocycles. The Bertz CT molecular complexity index is 2870. The van der Waals surface area contributed by atoms with Crippen LogP contribution in [0.5, 0.6) is 23.0 Å². The molecular formula is C58H60N4O11S. The van der Waals surface area contributed by atoms with E-state index >= 15 is 4.79 Å². The largest absolute Gasteiger partial charge is 0.493 e. The molecular weight excluding hydrogens is 961 g/mol. The van der Waals surface area contributed by atoms with Gasteiger partial charge in [-0.05, 0) is 133 Å². The number of hydrogen-bond acceptors (Lipinski definition) is 14. The van der Waals surface area contributed by atoms with E-state index in [0.717, 1.165) is 53.0 Å². The van der Waals surface area contributed by atoms with Gasteiger partial charge in [0.1, 0.15) is 24.1 Å². The van der Waals surface area contributed by atoms with Gasteiger partial charge in [-0.3, -0.25) is 14.9 Å². The number of rotatable bonds is 24. The summed E-state index contributed by atoms with van der Waals surface area (Å²) in [4.78, 5) is 35.8. The van der Waals surface area contributed by atoms with Crippen LogP contribution in [0.1, 0.15) is 83.5 Å². The maximum atomic E-state index is 15.6. The average Bonchev–Trinajstić information content (AvgIpc) is 3.93. The van der Waals surface area contributed by atoms with Crippen LogP contribution in [0.15, 0.2) is 150 Å². The molecule has 0 bridgehead atoms. The summed E-state index contributed by atoms with van der Waals surface area (Å²) in [5, 5.41) is 46.4. The number of carbonyl (C=O) groups excluding carboxylic acids is 1. The highest BCUT2D eigenvalue weighted by atomic mass is 32.2. The van der Waals surface area contributed by atoms with Crippen LogP contribution in [0.2, 0.25) is 0 Å². The minimum atomic E-state index is -1.58. The molecule has 1 saturated carbocycles. The number of ether oxygens (including phenoxy) is 5. The Morgan fingerprint density at radius 1 is 0.919 bits per heavy atom. The number of allylic oxidation sites excluding steroid dienone is 1. The lowest BCUT2D eigenvalue weighted by Gasteiger charge is -2.60. The van der Waals surface area contributed by atoms with E-state index in [9.17, 15) is 25.6 Å². The molecule has 2 aliphatic heterocycles. The second-order valence-corrected chi connectivity index (χ2v) is 20.0. The lowest BCUT2D eigenvalue weighted by molar-refractivity contribution is -0.384. The summed E-state index contributed by atoms with van der Waals surface area (Å²) < 4.78 is 32.8. The van der Waals surface area contributed by atoms with Gasteiger partial charge in [-0.25, -0.2) is 0 Å². The summed E-state index contributed by atoms with van der Waals surface area (Å²) >= 11 is 1.71. The lowest BCUT2D eigenvalue weighted by Crippen LogP contribution is -2.70. The number of non-ortho nitro benzene ring substituents is 1. The van der Waals surface area contributed by atoms with Gasteiger partial charge in [-0.1, -0.05) is 54.4 Å². The lowest BCUT2D eigenvalue weighted by atomic mass is 9.55. The summed E-state index contributed by atoms with van der Waals surface area (Å²) in [6.07, 6.45) is 8.28. The van der Waals surface area contributed by atoms with Crippen molar-refractivity contribution in [1.82, 2.24) is 4.90 Å². The quantitative estimate of drug-likeness (QED) is 0.0195. The number of nitriles is 1. The van der Waals surface area contributed by atoms with Crippen LogP contribution in [0.3, 0.4) is 0 Å². The summed E-state index contributed by atoms with van der Waals surface area (Å²) in [5.41, 5.74) is 4.45. The second kappa shape index (κ2) is 24.2. The van der Waals surface area contributed by atoms with Crippen molar-refractivity contribution in [2.24, 2.45) is 22.9 Å². The van der Waals surface area contributed by atoms with Gasteiger partial charge < -0.3 is 43.6 Å². The Balaban J connectivity index is 1.22. The van der Waals surface area contributed by atoms with Crippen LogP contribution in [-0.2, 0) is 22.7 Å². The maximum absolute atomic E-state index is 15.6. The molecule has 0 saturated heterocycles. The molecule has 0 radical (unpaired) electrons. The minimum Gasteiger partial charge on any atom is -0.493 e. The predicted octanol–water partition coefficient (Wildman–Crippen LogP) is 10.5. The van der Waals surface area contributed by atoms with Crippen LogP contribution in [-0.4, -0.2) is 82.5 Å². The molecule has 1 amide bonds. The SMILES string of the molecule is C=CCO[C@@]12Oc3ccc(OCCSc4ccccc4)cc3[C@H]3[C@H](CCCCO)[C@@H](CCCCO)C=C(C(=NOCc4ccc([N+](=O)[O-])cc4)C[C@@H]1N(Cc1ccc4c(c1)OCO4)C(=O)c1ccc(C#N)cc1)[C@H]32. The summed E-state index contributed by atoms with van der Waals surface area (Å²) in [6, 6.07) is 35.6. The van der Waals surface area contributed by atoms with Gasteiger partial charge in [0.15, 0.2) is 11.5 Å². The minimum absolute atomic E-state index is 0.00301. The van der Waals surface area contributed by atoms with Crippen molar-refractivity contribution < 1.29 is 48.5 Å². The number of aliphatic hydroxyl groups excluding tert-OH is 2. The van der Waals surface area contributed by atoms with Gasteiger partial charge in [0.2, 0.25) is 12.6 Å². The second-order valence-electron chi connectivity index (χ2n) is 18.8. The highest BCUT2D eigenvalue weighted by Gasteiger charge is 2.65. The van der Waals surface area contributed by atoms with Crippen molar-refractivity contribution in [3.05, 3.63) is 177 Å². The predicted molar refractivity (Wildman–Crippen MR) is 279 cm³/mol. The molecule has 2 aliphatic carbocycles. The molecule has 384 valence electrons. The Labute approximate surface area is 435 Å². The van der Waals surface area contributed by atoms with Crippen molar-refractivity contribution in [2.75, 3.05) is 39.0 Å². The van der Waals surface area contributed by atoms with E-state index in [2.05, 4.69) is 36.9 Å². The number of thioether (sulfide) groups is 1. The van der Waals surface area contributed by atoms with Crippen LogP contribution in [0, 0.1) is 39.2 Å². The van der Waals surface area contributed by atoms with Crippen LogP contribution in [0.25, 0.3) is 0 Å². The first-order valence-corrected chi connectivity index (χ1v) is 26.2. The van der Waals surface area contributed by atoms with Crippen molar-refractivity contribution in [3.63, 3.8) is 0 Å². The molecule has 0 spiro atoms. The summed E-state index contributed by atoms with van der Waals surface area (Å²) in [5.74, 6) is 0.208. The molecule has 1 fully saturated rings. The van der Waals surface area contributed by atoms with Crippen molar-refractivity contribution in [1.29, 1.82) is 5.26 Å². The van der Waals surface area contributed by atoms with Gasteiger partial charge in [-0.15, -0.1) is 18.3 Å². The zero-order chi connectivity index (χ0) is 51.4. The molecule has 4 aliphatic rings. The smallest absolute Gasteiger partial charge is 0.269 e. The van der Waals surface area contributed by atoms with Crippen molar-refractivity contribution in [3.8, 4) is 29.1 Å². The first-order valence-electron chi connectivity index (χ1n) is 25.2. The van der Waals surface area contributed by atoms with Crippen LogP contribution in [0.4, 0.5) is 5.69 Å². The molecule has 5 aromatic rings. The molecule has 2 N–H and O–H groups in total. The number of carbonyl (C=O) groups is 1. The van der Waals surface area contributed by atoms with Gasteiger partial charge in [0.05, 0.1) is 41.4 Å². The van der Waals surface area contributed by atoms with Crippen molar-refractivity contribution in [2.45, 2.75) is 80.7 Å². The number of fused-ring (bicyclic) bond motifs is 3. The highest BCUT2D eigenvalue weighted by molar-refractivity contribution is 7.99. The maximum Gasteiger partial charge on any atom is 0.269 e. The van der Waals surface area contributed by atoms with Gasteiger partial charge in [0.25, 0.3) is 11.6 Å². The summed E-state index contributed by atoms with van der Waals surface area (Å²) in [6.45, 7) is 4.83. The van der Waals surface area contributed by atoms with E-state index in [-0.39, 0.29) is 75.5 Å². The van der Waals surface area contributed by atoms with Gasteiger partial charge in [-0.2, -0.15) is 5.26 Å². The molecule has 2 heterocycles. The van der Waals surface area contributed by atoms with E-state index in [1.807, 2.05) is 48.5 Å². The van der Waals surface area contributed by atoms with Crippen LogP contribution >= 0.6 is 11.8 Å². The summed E-state index contributed by atoms with van der Waals surface area (Å²) in [7, 11) is 0. The molecule has 15 nitrogen and oxygen atoms in total. The number of aliphatic hydroxyl groups is 2. The Kier molecular flexibility index (Phi) is 17.0. The number of unbranched alkanes of at least 4 members (excludes halogenated alkanes) is 2. The fraction of sp³-hybridized carbons (Fsp3) is 0.362. The molecule has 16 heteroatoms. The third kappa shape index (κ3) is 11.5. The number of oxime groups is 1. The molecule has 9 rings (SSSR count).